The highest BCUT2D eigenvalue weighted by atomic mass is 19.1. The second-order valence-electron chi connectivity index (χ2n) is 3.09. The maximum atomic E-state index is 13.4. The lowest BCUT2D eigenvalue weighted by Crippen LogP contribution is -2.16. The van der Waals surface area contributed by atoms with E-state index in [0.717, 1.165) is 0 Å². The predicted octanol–water partition coefficient (Wildman–Crippen LogP) is 2.10. The summed E-state index contributed by atoms with van der Waals surface area (Å²) in [4.78, 5) is 11.3. The van der Waals surface area contributed by atoms with Crippen LogP contribution in [0.5, 0.6) is 5.75 Å². The third kappa shape index (κ3) is 1.20. The summed E-state index contributed by atoms with van der Waals surface area (Å²) < 4.78 is 18.5. The van der Waals surface area contributed by atoms with Gasteiger partial charge in [-0.25, -0.2) is 4.39 Å². The summed E-state index contributed by atoms with van der Waals surface area (Å²) in [5.74, 6) is -0.332. The summed E-state index contributed by atoms with van der Waals surface area (Å²) >= 11 is 0. The number of carbonyl (C=O) groups excluding carboxylic acids is 1. The van der Waals surface area contributed by atoms with Gasteiger partial charge in [-0.3, -0.25) is 4.79 Å². The van der Waals surface area contributed by atoms with Crippen LogP contribution in [0.3, 0.4) is 0 Å². The zero-order valence-corrected chi connectivity index (χ0v) is 7.26. The van der Waals surface area contributed by atoms with E-state index in [1.54, 1.807) is 19.1 Å². The zero-order valence-electron chi connectivity index (χ0n) is 7.26. The monoisotopic (exact) mass is 180 g/mol. The zero-order chi connectivity index (χ0) is 9.42. The van der Waals surface area contributed by atoms with Gasteiger partial charge in [-0.2, -0.15) is 0 Å². The second kappa shape index (κ2) is 2.83. The van der Waals surface area contributed by atoms with Crippen molar-refractivity contribution in [3.8, 4) is 5.75 Å². The minimum Gasteiger partial charge on any atom is -0.489 e. The number of ketones is 1. The largest absolute Gasteiger partial charge is 0.489 e. The number of hydrogen-bond acceptors (Lipinski definition) is 2. The van der Waals surface area contributed by atoms with Gasteiger partial charge < -0.3 is 4.74 Å². The minimum atomic E-state index is -0.412. The molecule has 0 aliphatic carbocycles. The molecule has 0 spiro atoms. The topological polar surface area (TPSA) is 26.3 Å². The van der Waals surface area contributed by atoms with E-state index in [1.165, 1.54) is 0 Å². The first-order valence-corrected chi connectivity index (χ1v) is 4.15. The Morgan fingerprint density at radius 1 is 1.46 bits per heavy atom. The molecule has 0 atom stereocenters. The van der Waals surface area contributed by atoms with E-state index in [1.807, 2.05) is 0 Å². The molecule has 1 aliphatic rings. The fourth-order valence-corrected chi connectivity index (χ4v) is 1.40. The molecule has 0 radical (unpaired) electrons. The summed E-state index contributed by atoms with van der Waals surface area (Å²) in [5.41, 5.74) is 0.878. The van der Waals surface area contributed by atoms with Gasteiger partial charge in [0.2, 0.25) is 0 Å². The van der Waals surface area contributed by atoms with Crippen molar-refractivity contribution in [3.05, 3.63) is 29.1 Å². The highest BCUT2D eigenvalue weighted by Gasteiger charge is 2.22. The molecule has 68 valence electrons. The average molecular weight is 180 g/mol. The van der Waals surface area contributed by atoms with Crippen molar-refractivity contribution in [2.75, 3.05) is 6.61 Å². The highest BCUT2D eigenvalue weighted by molar-refractivity contribution is 5.99. The van der Waals surface area contributed by atoms with Crippen LogP contribution in [0.2, 0.25) is 0 Å². The van der Waals surface area contributed by atoms with Gasteiger partial charge in [-0.1, -0.05) is 6.07 Å². The second-order valence-corrected chi connectivity index (χ2v) is 3.09. The molecule has 0 bridgehead atoms. The Balaban J connectivity index is 2.63. The molecule has 1 aliphatic heterocycles. The van der Waals surface area contributed by atoms with Gasteiger partial charge in [-0.05, 0) is 18.6 Å². The molecular weight excluding hydrogens is 171 g/mol. The van der Waals surface area contributed by atoms with E-state index in [2.05, 4.69) is 0 Å². The molecule has 0 N–H and O–H groups in total. The number of carbonyl (C=O) groups is 1. The van der Waals surface area contributed by atoms with Gasteiger partial charge in [0.05, 0.1) is 12.2 Å². The van der Waals surface area contributed by atoms with Crippen LogP contribution in [0.25, 0.3) is 0 Å². The molecule has 0 unspecified atom stereocenters. The van der Waals surface area contributed by atoms with Crippen LogP contribution in [-0.2, 0) is 0 Å². The lowest BCUT2D eigenvalue weighted by molar-refractivity contribution is 0.0929. The van der Waals surface area contributed by atoms with Gasteiger partial charge >= 0.3 is 0 Å². The van der Waals surface area contributed by atoms with Crippen molar-refractivity contribution in [1.82, 2.24) is 0 Å². The molecule has 0 amide bonds. The number of aryl methyl sites for hydroxylation is 1. The third-order valence-corrected chi connectivity index (χ3v) is 2.17. The molecule has 0 aromatic heterocycles. The molecule has 0 saturated carbocycles. The van der Waals surface area contributed by atoms with Gasteiger partial charge in [0.15, 0.2) is 17.3 Å². The summed E-state index contributed by atoms with van der Waals surface area (Å²) in [6.07, 6.45) is 0.343. The van der Waals surface area contributed by atoms with Crippen molar-refractivity contribution in [1.29, 1.82) is 0 Å². The number of fused-ring (bicyclic) bond motifs is 1. The highest BCUT2D eigenvalue weighted by Crippen LogP contribution is 2.29. The maximum Gasteiger partial charge on any atom is 0.170 e. The lowest BCUT2D eigenvalue weighted by Gasteiger charge is -2.17. The molecule has 0 saturated heterocycles. The van der Waals surface area contributed by atoms with E-state index >= 15 is 0 Å². The Hall–Kier alpha value is -1.38. The maximum absolute atomic E-state index is 13.4. The first-order valence-electron chi connectivity index (χ1n) is 4.15. The molecule has 3 heteroatoms. The molecule has 2 rings (SSSR count). The van der Waals surface area contributed by atoms with Crippen molar-refractivity contribution in [3.63, 3.8) is 0 Å². The van der Waals surface area contributed by atoms with Crippen molar-refractivity contribution < 1.29 is 13.9 Å². The SMILES string of the molecule is Cc1ccc2c(c1F)OCCC2=O. The number of benzene rings is 1. The molecule has 1 aromatic carbocycles. The normalized spacial score (nSPS) is 15.1. The van der Waals surface area contributed by atoms with Gasteiger partial charge in [-0.15, -0.1) is 0 Å². The molecule has 13 heavy (non-hydrogen) atoms. The predicted molar refractivity (Wildman–Crippen MR) is 45.6 cm³/mol. The summed E-state index contributed by atoms with van der Waals surface area (Å²) in [7, 11) is 0. The standard InChI is InChI=1S/C10H9FO2/c1-6-2-3-7-8(12)4-5-13-10(7)9(6)11/h2-3H,4-5H2,1H3. The summed E-state index contributed by atoms with van der Waals surface area (Å²) in [6.45, 7) is 1.93. The number of rotatable bonds is 0. The Kier molecular flexibility index (Phi) is 1.79. The van der Waals surface area contributed by atoms with Crippen LogP contribution < -0.4 is 4.74 Å². The third-order valence-electron chi connectivity index (χ3n) is 2.17. The van der Waals surface area contributed by atoms with Crippen LogP contribution in [0.4, 0.5) is 4.39 Å². The number of Topliss-reactive ketones (excluding diaryl/α,β-unsaturated/α-hetero) is 1. The fraction of sp³-hybridized carbons (Fsp3) is 0.300. The van der Waals surface area contributed by atoms with E-state index in [-0.39, 0.29) is 18.1 Å². The quantitative estimate of drug-likeness (QED) is 0.611. The summed E-state index contributed by atoms with van der Waals surface area (Å²) in [5, 5.41) is 0. The average Bonchev–Trinajstić information content (AvgIpc) is 2.12. The number of ether oxygens (including phenoxy) is 1. The van der Waals surface area contributed by atoms with E-state index in [4.69, 9.17) is 4.74 Å². The fourth-order valence-electron chi connectivity index (χ4n) is 1.40. The van der Waals surface area contributed by atoms with Gasteiger partial charge in [0.1, 0.15) is 0 Å². The van der Waals surface area contributed by atoms with E-state index in [0.29, 0.717) is 17.5 Å². The Bertz CT molecular complexity index is 371. The minimum absolute atomic E-state index is 0.0415. The number of hydrogen-bond donors (Lipinski definition) is 0. The molecule has 1 aromatic rings. The smallest absolute Gasteiger partial charge is 0.170 e. The van der Waals surface area contributed by atoms with Crippen LogP contribution in [0.1, 0.15) is 22.3 Å². The van der Waals surface area contributed by atoms with Crippen molar-refractivity contribution >= 4 is 5.78 Å². The Morgan fingerprint density at radius 3 is 3.00 bits per heavy atom. The van der Waals surface area contributed by atoms with Gasteiger partial charge in [0, 0.05) is 6.42 Å². The molecule has 0 fully saturated rings. The van der Waals surface area contributed by atoms with Crippen molar-refractivity contribution in [2.24, 2.45) is 0 Å². The summed E-state index contributed by atoms with van der Waals surface area (Å²) in [6, 6.07) is 3.22. The molecule has 1 heterocycles. The van der Waals surface area contributed by atoms with Crippen LogP contribution in [0.15, 0.2) is 12.1 Å². The Labute approximate surface area is 75.3 Å². The Morgan fingerprint density at radius 2 is 2.23 bits per heavy atom. The van der Waals surface area contributed by atoms with Crippen molar-refractivity contribution in [2.45, 2.75) is 13.3 Å². The van der Waals surface area contributed by atoms with E-state index in [9.17, 15) is 9.18 Å². The van der Waals surface area contributed by atoms with E-state index < -0.39 is 5.82 Å². The lowest BCUT2D eigenvalue weighted by atomic mass is 10.0. The van der Waals surface area contributed by atoms with Crippen LogP contribution in [0, 0.1) is 12.7 Å². The van der Waals surface area contributed by atoms with Gasteiger partial charge in [0.25, 0.3) is 0 Å². The van der Waals surface area contributed by atoms with Crippen LogP contribution >= 0.6 is 0 Å². The number of halogens is 1. The molecular formula is C10H9FO2. The van der Waals surface area contributed by atoms with Crippen LogP contribution in [-0.4, -0.2) is 12.4 Å². The first-order chi connectivity index (χ1) is 6.20. The molecule has 2 nitrogen and oxygen atoms in total. The first kappa shape index (κ1) is 8.23.